The zero-order chi connectivity index (χ0) is 14.2. The van der Waals surface area contributed by atoms with Gasteiger partial charge in [-0.15, -0.1) is 0 Å². The lowest BCUT2D eigenvalue weighted by Gasteiger charge is -2.17. The summed E-state index contributed by atoms with van der Waals surface area (Å²) in [6.45, 7) is 3.44. The number of rotatable bonds is 3. The van der Waals surface area contributed by atoms with Gasteiger partial charge in [0, 0.05) is 5.39 Å². The third-order valence-corrected chi connectivity index (χ3v) is 2.63. The molecule has 0 aliphatic rings. The zero-order valence-corrected chi connectivity index (χ0v) is 11.0. The summed E-state index contributed by atoms with van der Waals surface area (Å²) in [5.41, 5.74) is -0.383. The van der Waals surface area contributed by atoms with Crippen molar-refractivity contribution in [3.05, 3.63) is 29.7 Å². The third kappa shape index (κ3) is 2.73. The maximum absolute atomic E-state index is 13.3. The Balaban J connectivity index is 2.63. The van der Waals surface area contributed by atoms with Gasteiger partial charge < -0.3 is 9.84 Å². The van der Waals surface area contributed by atoms with Crippen LogP contribution in [0.15, 0.2) is 18.2 Å². The number of aliphatic hydroxyl groups is 1. The van der Waals surface area contributed by atoms with Crippen LogP contribution in [0.2, 0.25) is 0 Å². The molecule has 0 atom stereocenters. The van der Waals surface area contributed by atoms with E-state index in [9.17, 15) is 14.3 Å². The summed E-state index contributed by atoms with van der Waals surface area (Å²) >= 11 is 0. The van der Waals surface area contributed by atoms with Crippen LogP contribution in [0.3, 0.4) is 0 Å². The van der Waals surface area contributed by atoms with Gasteiger partial charge in [0.2, 0.25) is 0 Å². The topological polar surface area (TPSA) is 64.3 Å². The number of ether oxygens (including phenoxy) is 1. The number of esters is 1. The molecule has 1 N–H and O–H groups in total. The van der Waals surface area contributed by atoms with Crippen molar-refractivity contribution in [2.24, 2.45) is 0 Å². The van der Waals surface area contributed by atoms with Crippen LogP contribution in [0.25, 0.3) is 10.9 Å². The van der Waals surface area contributed by atoms with Crippen LogP contribution in [0, 0.1) is 5.82 Å². The van der Waals surface area contributed by atoms with Crippen molar-refractivity contribution < 1.29 is 19.0 Å². The van der Waals surface area contributed by atoms with Crippen LogP contribution in [0.5, 0.6) is 0 Å². The lowest BCUT2D eigenvalue weighted by Crippen LogP contribution is -2.26. The van der Waals surface area contributed by atoms with Crippen molar-refractivity contribution in [3.8, 4) is 0 Å². The first-order valence-corrected chi connectivity index (χ1v) is 5.78. The number of nitrogens with zero attached hydrogens (tertiary/aromatic N) is 2. The van der Waals surface area contributed by atoms with Gasteiger partial charge in [-0.1, -0.05) is 0 Å². The summed E-state index contributed by atoms with van der Waals surface area (Å²) in [6, 6.07) is 4.04. The predicted octanol–water partition coefficient (Wildman–Crippen LogP) is 1.73. The second-order valence-corrected chi connectivity index (χ2v) is 4.97. The van der Waals surface area contributed by atoms with Crippen LogP contribution < -0.4 is 0 Å². The number of hydrogen-bond donors (Lipinski definition) is 1. The molecule has 0 saturated heterocycles. The third-order valence-electron chi connectivity index (χ3n) is 2.63. The fraction of sp³-hybridized carbons (Fsp3) is 0.385. The summed E-state index contributed by atoms with van der Waals surface area (Å²) in [5.74, 6) is -1.09. The minimum atomic E-state index is -0.999. The van der Waals surface area contributed by atoms with Gasteiger partial charge in [0.1, 0.15) is 5.82 Å². The van der Waals surface area contributed by atoms with E-state index in [1.54, 1.807) is 13.8 Å². The molecule has 0 unspecified atom stereocenters. The van der Waals surface area contributed by atoms with Crippen molar-refractivity contribution in [1.82, 2.24) is 9.78 Å². The molecule has 102 valence electrons. The highest BCUT2D eigenvalue weighted by Crippen LogP contribution is 2.22. The van der Waals surface area contributed by atoms with Crippen LogP contribution in [0.1, 0.15) is 24.3 Å². The van der Waals surface area contributed by atoms with Crippen LogP contribution in [0.4, 0.5) is 4.39 Å². The van der Waals surface area contributed by atoms with Gasteiger partial charge >= 0.3 is 5.97 Å². The Bertz CT molecular complexity index is 629. The molecule has 2 rings (SSSR count). The second-order valence-electron chi connectivity index (χ2n) is 4.97. The Morgan fingerprint density at radius 2 is 2.21 bits per heavy atom. The Morgan fingerprint density at radius 1 is 1.53 bits per heavy atom. The van der Waals surface area contributed by atoms with Gasteiger partial charge in [-0.3, -0.25) is 4.68 Å². The van der Waals surface area contributed by atoms with Gasteiger partial charge in [-0.05, 0) is 32.0 Å². The largest absolute Gasteiger partial charge is 0.464 e. The summed E-state index contributed by atoms with van der Waals surface area (Å²) in [5, 5.41) is 14.3. The molecule has 0 amide bonds. The van der Waals surface area contributed by atoms with Crippen LogP contribution >= 0.6 is 0 Å². The molecule has 5 nitrogen and oxygen atoms in total. The van der Waals surface area contributed by atoms with Gasteiger partial charge in [0.15, 0.2) is 5.69 Å². The van der Waals surface area contributed by atoms with E-state index < -0.39 is 17.4 Å². The van der Waals surface area contributed by atoms with Crippen molar-refractivity contribution in [1.29, 1.82) is 0 Å². The number of aromatic nitrogens is 2. The summed E-state index contributed by atoms with van der Waals surface area (Å²) in [6.07, 6.45) is 0. The number of hydrogen-bond acceptors (Lipinski definition) is 4. The molecule has 0 aliphatic carbocycles. The standard InChI is InChI=1S/C13H15FN2O3/c1-13(2,18)7-16-10-5-4-8(14)6-9(10)11(15-16)12(17)19-3/h4-6,18H,7H2,1-3H3. The molecule has 1 aromatic carbocycles. The van der Waals surface area contributed by atoms with E-state index in [0.717, 1.165) is 0 Å². The van der Waals surface area contributed by atoms with Crippen LogP contribution in [-0.2, 0) is 11.3 Å². The molecular weight excluding hydrogens is 251 g/mol. The lowest BCUT2D eigenvalue weighted by molar-refractivity contribution is 0.0551. The van der Waals surface area contributed by atoms with E-state index in [-0.39, 0.29) is 12.2 Å². The smallest absolute Gasteiger partial charge is 0.359 e. The fourth-order valence-corrected chi connectivity index (χ4v) is 1.89. The molecule has 6 heteroatoms. The summed E-state index contributed by atoms with van der Waals surface area (Å²) < 4.78 is 19.4. The highest BCUT2D eigenvalue weighted by molar-refractivity contribution is 6.02. The Morgan fingerprint density at radius 3 is 2.79 bits per heavy atom. The molecule has 0 radical (unpaired) electrons. The molecule has 1 heterocycles. The van der Waals surface area contributed by atoms with Gasteiger partial charge in [0.05, 0.1) is 24.8 Å². The van der Waals surface area contributed by atoms with E-state index in [1.165, 1.54) is 30.0 Å². The minimum Gasteiger partial charge on any atom is -0.464 e. The van der Waals surface area contributed by atoms with E-state index in [0.29, 0.717) is 10.9 Å². The van der Waals surface area contributed by atoms with Crippen LogP contribution in [-0.4, -0.2) is 33.6 Å². The van der Waals surface area contributed by atoms with E-state index in [1.807, 2.05) is 0 Å². The molecule has 0 fully saturated rings. The first-order chi connectivity index (χ1) is 8.81. The summed E-state index contributed by atoms with van der Waals surface area (Å²) in [7, 11) is 1.24. The normalized spacial score (nSPS) is 11.8. The van der Waals surface area contributed by atoms with E-state index >= 15 is 0 Å². The Hall–Kier alpha value is -1.95. The highest BCUT2D eigenvalue weighted by Gasteiger charge is 2.22. The first kappa shape index (κ1) is 13.5. The Labute approximate surface area is 109 Å². The van der Waals surface area contributed by atoms with E-state index in [2.05, 4.69) is 9.84 Å². The predicted molar refractivity (Wildman–Crippen MR) is 67.3 cm³/mol. The first-order valence-electron chi connectivity index (χ1n) is 5.78. The molecule has 1 aromatic heterocycles. The molecule has 0 saturated carbocycles. The second kappa shape index (κ2) is 4.62. The molecule has 0 bridgehead atoms. The van der Waals surface area contributed by atoms with Crippen molar-refractivity contribution >= 4 is 16.9 Å². The van der Waals surface area contributed by atoms with Crippen molar-refractivity contribution in [2.45, 2.75) is 26.0 Å². The summed E-state index contributed by atoms with van der Waals surface area (Å²) in [4.78, 5) is 11.6. The van der Waals surface area contributed by atoms with Gasteiger partial charge in [-0.25, -0.2) is 9.18 Å². The molecule has 19 heavy (non-hydrogen) atoms. The maximum atomic E-state index is 13.3. The number of carbonyl (C=O) groups is 1. The van der Waals surface area contributed by atoms with E-state index in [4.69, 9.17) is 0 Å². The molecule has 2 aromatic rings. The molecule has 0 aliphatic heterocycles. The average molecular weight is 266 g/mol. The zero-order valence-electron chi connectivity index (χ0n) is 11.0. The lowest BCUT2D eigenvalue weighted by atomic mass is 10.1. The van der Waals surface area contributed by atoms with Crippen molar-refractivity contribution in [3.63, 3.8) is 0 Å². The Kier molecular flexibility index (Phi) is 3.28. The van der Waals surface area contributed by atoms with Gasteiger partial charge in [-0.2, -0.15) is 5.10 Å². The average Bonchev–Trinajstić information content (AvgIpc) is 2.64. The number of fused-ring (bicyclic) bond motifs is 1. The quantitative estimate of drug-likeness (QED) is 0.859. The SMILES string of the molecule is COC(=O)c1nn(CC(C)(C)O)c2ccc(F)cc12. The number of benzene rings is 1. The number of methoxy groups -OCH3 is 1. The fourth-order valence-electron chi connectivity index (χ4n) is 1.89. The number of halogens is 1. The monoisotopic (exact) mass is 266 g/mol. The maximum Gasteiger partial charge on any atom is 0.359 e. The highest BCUT2D eigenvalue weighted by atomic mass is 19.1. The minimum absolute atomic E-state index is 0.0428. The van der Waals surface area contributed by atoms with Gasteiger partial charge in [0.25, 0.3) is 0 Å². The number of carbonyl (C=O) groups excluding carboxylic acids is 1. The van der Waals surface area contributed by atoms with Crippen molar-refractivity contribution in [2.75, 3.05) is 7.11 Å². The molecular formula is C13H15FN2O3. The molecule has 0 spiro atoms.